The second-order valence-electron chi connectivity index (χ2n) is 5.52. The van der Waals surface area contributed by atoms with Gasteiger partial charge >= 0.3 is 5.97 Å². The summed E-state index contributed by atoms with van der Waals surface area (Å²) >= 11 is 12.2. The lowest BCUT2D eigenvalue weighted by Crippen LogP contribution is -2.41. The number of hydrogen-bond donors (Lipinski definition) is 2. The first kappa shape index (κ1) is 19.7. The van der Waals surface area contributed by atoms with Crippen LogP contribution in [0.15, 0.2) is 42.5 Å². The van der Waals surface area contributed by atoms with E-state index >= 15 is 0 Å². The van der Waals surface area contributed by atoms with Gasteiger partial charge in [-0.3, -0.25) is 5.84 Å². The van der Waals surface area contributed by atoms with E-state index < -0.39 is 12.1 Å². The molecule has 0 amide bonds. The molecular formula is C18H20Cl2N2O3. The van der Waals surface area contributed by atoms with E-state index in [-0.39, 0.29) is 13.2 Å². The smallest absolute Gasteiger partial charge is 0.336 e. The summed E-state index contributed by atoms with van der Waals surface area (Å²) in [5.41, 5.74) is 2.72. The number of nitrogens with two attached hydrogens (primary N) is 1. The molecule has 0 aromatic heterocycles. The molecule has 0 heterocycles. The lowest BCUT2D eigenvalue weighted by Gasteiger charge is -2.19. The number of hydrazine groups is 1. The summed E-state index contributed by atoms with van der Waals surface area (Å²) in [6.45, 7) is 2.26. The molecule has 3 N–H and O–H groups in total. The number of hydrogen-bond acceptors (Lipinski definition) is 5. The van der Waals surface area contributed by atoms with Crippen molar-refractivity contribution in [1.82, 2.24) is 5.01 Å². The van der Waals surface area contributed by atoms with E-state index in [4.69, 9.17) is 33.8 Å². The molecule has 1 atom stereocenters. The van der Waals surface area contributed by atoms with Crippen molar-refractivity contribution in [3.8, 4) is 11.1 Å². The number of esters is 1. The fourth-order valence-corrected chi connectivity index (χ4v) is 2.74. The van der Waals surface area contributed by atoms with Gasteiger partial charge in [-0.25, -0.2) is 9.80 Å². The summed E-state index contributed by atoms with van der Waals surface area (Å²) in [5.74, 6) is 5.18. The molecule has 2 aromatic rings. The van der Waals surface area contributed by atoms with Gasteiger partial charge in [0.2, 0.25) is 0 Å². The van der Waals surface area contributed by atoms with Crippen LogP contribution >= 0.6 is 23.2 Å². The molecule has 0 fully saturated rings. The number of carbonyl (C=O) groups excluding carboxylic acids is 1. The number of benzene rings is 2. The van der Waals surface area contributed by atoms with Gasteiger partial charge in [0.1, 0.15) is 0 Å². The molecular weight excluding hydrogens is 363 g/mol. The molecule has 0 spiro atoms. The van der Waals surface area contributed by atoms with Gasteiger partial charge in [0.05, 0.1) is 13.2 Å². The maximum absolute atomic E-state index is 11.4. The van der Waals surface area contributed by atoms with Crippen molar-refractivity contribution in [3.63, 3.8) is 0 Å². The van der Waals surface area contributed by atoms with Gasteiger partial charge in [-0.05, 0) is 36.2 Å². The molecule has 0 saturated heterocycles. The predicted octanol–water partition coefficient (Wildman–Crippen LogP) is 3.26. The van der Waals surface area contributed by atoms with Crippen LogP contribution in [-0.2, 0) is 16.1 Å². The Bertz CT molecular complexity index is 723. The van der Waals surface area contributed by atoms with Crippen LogP contribution in [-0.4, -0.2) is 35.3 Å². The molecule has 134 valence electrons. The Kier molecular flexibility index (Phi) is 7.23. The van der Waals surface area contributed by atoms with Crippen LogP contribution in [0.25, 0.3) is 11.1 Å². The minimum atomic E-state index is -1.27. The zero-order valence-corrected chi connectivity index (χ0v) is 15.3. The van der Waals surface area contributed by atoms with Gasteiger partial charge in [0.25, 0.3) is 0 Å². The second kappa shape index (κ2) is 9.17. The van der Waals surface area contributed by atoms with Crippen molar-refractivity contribution in [2.75, 3.05) is 13.2 Å². The van der Waals surface area contributed by atoms with E-state index in [0.717, 1.165) is 16.7 Å². The molecule has 5 nitrogen and oxygen atoms in total. The summed E-state index contributed by atoms with van der Waals surface area (Å²) in [4.78, 5) is 11.4. The Balaban J connectivity index is 2.00. The third-order valence-electron chi connectivity index (χ3n) is 3.55. The van der Waals surface area contributed by atoms with Gasteiger partial charge in [0, 0.05) is 22.2 Å². The third-order valence-corrected chi connectivity index (χ3v) is 4.11. The predicted molar refractivity (Wildman–Crippen MR) is 99.1 cm³/mol. The standard InChI is InChI=1S/C18H20Cl2N2O3/c1-2-25-18(24)17(23)11-22(21)10-12-3-5-13(6-4-12)15-9-14(19)7-8-16(15)20/h3-9,17,23H,2,10-11,21H2,1H3/t17-/m1/s1. The lowest BCUT2D eigenvalue weighted by molar-refractivity contribution is -0.154. The summed E-state index contributed by atoms with van der Waals surface area (Å²) in [6, 6.07) is 13.0. The normalized spacial score (nSPS) is 12.2. The van der Waals surface area contributed by atoms with Crippen LogP contribution in [0.2, 0.25) is 10.0 Å². The third kappa shape index (κ3) is 5.70. The first-order valence-electron chi connectivity index (χ1n) is 7.79. The van der Waals surface area contributed by atoms with Gasteiger partial charge in [-0.2, -0.15) is 0 Å². The summed E-state index contributed by atoms with van der Waals surface area (Å²) < 4.78 is 4.75. The van der Waals surface area contributed by atoms with Gasteiger partial charge < -0.3 is 9.84 Å². The second-order valence-corrected chi connectivity index (χ2v) is 6.36. The molecule has 7 heteroatoms. The van der Waals surface area contributed by atoms with Crippen LogP contribution in [0.5, 0.6) is 0 Å². The van der Waals surface area contributed by atoms with E-state index in [1.54, 1.807) is 19.1 Å². The Morgan fingerprint density at radius 3 is 2.56 bits per heavy atom. The highest BCUT2D eigenvalue weighted by Crippen LogP contribution is 2.30. The van der Waals surface area contributed by atoms with Gasteiger partial charge in [-0.15, -0.1) is 0 Å². The highest BCUT2D eigenvalue weighted by molar-refractivity contribution is 6.35. The van der Waals surface area contributed by atoms with Crippen molar-refractivity contribution in [2.45, 2.75) is 19.6 Å². The number of ether oxygens (including phenoxy) is 1. The van der Waals surface area contributed by atoms with Crippen molar-refractivity contribution < 1.29 is 14.6 Å². The number of carbonyl (C=O) groups is 1. The van der Waals surface area contributed by atoms with E-state index in [1.165, 1.54) is 5.01 Å². The SMILES string of the molecule is CCOC(=O)[C@H](O)CN(N)Cc1ccc(-c2cc(Cl)ccc2Cl)cc1. The van der Waals surface area contributed by atoms with Gasteiger partial charge in [0.15, 0.2) is 6.10 Å². The van der Waals surface area contributed by atoms with E-state index in [9.17, 15) is 9.90 Å². The Hall–Kier alpha value is -1.63. The first-order chi connectivity index (χ1) is 11.9. The molecule has 0 aliphatic heterocycles. The molecule has 0 bridgehead atoms. The molecule has 2 aromatic carbocycles. The van der Waals surface area contributed by atoms with Crippen molar-refractivity contribution >= 4 is 29.2 Å². The van der Waals surface area contributed by atoms with Crippen LogP contribution in [0.1, 0.15) is 12.5 Å². The number of rotatable bonds is 7. The Morgan fingerprint density at radius 2 is 1.92 bits per heavy atom. The minimum Gasteiger partial charge on any atom is -0.464 e. The monoisotopic (exact) mass is 382 g/mol. The van der Waals surface area contributed by atoms with Crippen LogP contribution < -0.4 is 5.84 Å². The molecule has 2 rings (SSSR count). The zero-order chi connectivity index (χ0) is 18.4. The Labute approximate surface area is 156 Å². The quantitative estimate of drug-likeness (QED) is 0.436. The van der Waals surface area contributed by atoms with Crippen LogP contribution in [0.3, 0.4) is 0 Å². The van der Waals surface area contributed by atoms with E-state index in [2.05, 4.69) is 0 Å². The fourth-order valence-electron chi connectivity index (χ4n) is 2.34. The highest BCUT2D eigenvalue weighted by Gasteiger charge is 2.18. The maximum Gasteiger partial charge on any atom is 0.336 e. The molecule has 0 radical (unpaired) electrons. The number of halogens is 2. The molecule has 0 unspecified atom stereocenters. The topological polar surface area (TPSA) is 75.8 Å². The highest BCUT2D eigenvalue weighted by atomic mass is 35.5. The molecule has 0 aliphatic carbocycles. The molecule has 0 aliphatic rings. The largest absolute Gasteiger partial charge is 0.464 e. The maximum atomic E-state index is 11.4. The van der Waals surface area contributed by atoms with Crippen molar-refractivity contribution in [3.05, 3.63) is 58.1 Å². The lowest BCUT2D eigenvalue weighted by atomic mass is 10.0. The average molecular weight is 383 g/mol. The zero-order valence-electron chi connectivity index (χ0n) is 13.8. The summed E-state index contributed by atoms with van der Waals surface area (Å²) in [7, 11) is 0. The fraction of sp³-hybridized carbons (Fsp3) is 0.278. The van der Waals surface area contributed by atoms with Crippen molar-refractivity contribution in [2.24, 2.45) is 5.84 Å². The van der Waals surface area contributed by atoms with E-state index in [0.29, 0.717) is 16.6 Å². The van der Waals surface area contributed by atoms with Crippen molar-refractivity contribution in [1.29, 1.82) is 0 Å². The number of aliphatic hydroxyl groups excluding tert-OH is 1. The summed E-state index contributed by atoms with van der Waals surface area (Å²) in [6.07, 6.45) is -1.27. The molecule has 0 saturated carbocycles. The van der Waals surface area contributed by atoms with Crippen LogP contribution in [0.4, 0.5) is 0 Å². The molecule has 25 heavy (non-hydrogen) atoms. The Morgan fingerprint density at radius 1 is 1.24 bits per heavy atom. The van der Waals surface area contributed by atoms with Crippen LogP contribution in [0, 0.1) is 0 Å². The number of aliphatic hydroxyl groups is 1. The minimum absolute atomic E-state index is 0.0132. The summed E-state index contributed by atoms with van der Waals surface area (Å²) in [5, 5.41) is 12.3. The average Bonchev–Trinajstić information content (AvgIpc) is 2.58. The van der Waals surface area contributed by atoms with E-state index in [1.807, 2.05) is 30.3 Å². The van der Waals surface area contributed by atoms with Gasteiger partial charge in [-0.1, -0.05) is 47.5 Å². The first-order valence-corrected chi connectivity index (χ1v) is 8.55. The number of nitrogens with zero attached hydrogens (tertiary/aromatic N) is 1.